The van der Waals surface area contributed by atoms with Crippen molar-refractivity contribution in [1.29, 1.82) is 0 Å². The summed E-state index contributed by atoms with van der Waals surface area (Å²) in [5, 5.41) is 0. The van der Waals surface area contributed by atoms with Crippen LogP contribution in [-0.2, 0) is 39.1 Å². The van der Waals surface area contributed by atoms with Crippen molar-refractivity contribution in [1.82, 2.24) is 0 Å². The van der Waals surface area contributed by atoms with Crippen molar-refractivity contribution < 1.29 is 20.3 Å². The van der Waals surface area contributed by atoms with Crippen molar-refractivity contribution in [3.63, 3.8) is 0 Å². The molecule has 0 bridgehead atoms. The van der Waals surface area contributed by atoms with Crippen LogP contribution in [0.1, 0.15) is 27.8 Å². The quantitative estimate of drug-likeness (QED) is 0.199. The van der Waals surface area contributed by atoms with Gasteiger partial charge in [0.05, 0.1) is 0 Å². The molecule has 35 heavy (non-hydrogen) atoms. The van der Waals surface area contributed by atoms with E-state index in [0.29, 0.717) is 0 Å². The van der Waals surface area contributed by atoms with Crippen molar-refractivity contribution in [2.75, 3.05) is 0 Å². The first-order valence-electron chi connectivity index (χ1n) is 12.6. The van der Waals surface area contributed by atoms with Crippen molar-refractivity contribution >= 4 is 3.27 Å². The minimum absolute atomic E-state index is 1.07. The van der Waals surface area contributed by atoms with E-state index in [1.54, 1.807) is 8.83 Å². The van der Waals surface area contributed by atoms with Gasteiger partial charge in [-0.3, -0.25) is 0 Å². The van der Waals surface area contributed by atoms with Gasteiger partial charge in [-0.05, 0) is 0 Å². The number of hydrogen-bond donors (Lipinski definition) is 0. The maximum atomic E-state index is 2.51. The Bertz CT molecular complexity index is 1320. The van der Waals surface area contributed by atoms with Crippen LogP contribution in [0.3, 0.4) is 0 Å². The van der Waals surface area contributed by atoms with Gasteiger partial charge in [-0.1, -0.05) is 0 Å². The molecule has 1 aliphatic carbocycles. The van der Waals surface area contributed by atoms with Crippen molar-refractivity contribution in [3.05, 3.63) is 161 Å². The van der Waals surface area contributed by atoms with Crippen molar-refractivity contribution in [2.45, 2.75) is 18.8 Å². The van der Waals surface area contributed by atoms with Gasteiger partial charge in [0.15, 0.2) is 0 Å². The average Bonchev–Trinajstić information content (AvgIpc) is 3.29. The summed E-state index contributed by atoms with van der Waals surface area (Å²) in [6.45, 7) is 0. The third-order valence-electron chi connectivity index (χ3n) is 7.58. The van der Waals surface area contributed by atoms with Crippen molar-refractivity contribution in [3.8, 4) is 11.1 Å². The third kappa shape index (κ3) is 4.63. The summed E-state index contributed by atoms with van der Waals surface area (Å²) >= 11 is -3.13. The van der Waals surface area contributed by atoms with Crippen LogP contribution < -0.4 is 3.27 Å². The summed E-state index contributed by atoms with van der Waals surface area (Å²) in [6.07, 6.45) is 1.07. The summed E-state index contributed by atoms with van der Waals surface area (Å²) in [5.41, 5.74) is 10.5. The van der Waals surface area contributed by atoms with Crippen LogP contribution in [0, 0.1) is 0 Å². The summed E-state index contributed by atoms with van der Waals surface area (Å²) in [4.78, 5) is 0. The van der Waals surface area contributed by atoms with Crippen LogP contribution in [0.15, 0.2) is 133 Å². The number of fused-ring (bicyclic) bond motifs is 3. The summed E-state index contributed by atoms with van der Waals surface area (Å²) < 4.78 is 5.36. The van der Waals surface area contributed by atoms with E-state index in [-0.39, 0.29) is 0 Å². The van der Waals surface area contributed by atoms with Crippen LogP contribution >= 0.6 is 0 Å². The molecule has 0 atom stereocenters. The van der Waals surface area contributed by atoms with Gasteiger partial charge in [-0.2, -0.15) is 0 Å². The van der Waals surface area contributed by atoms with Crippen LogP contribution in [0.5, 0.6) is 0 Å². The minimum atomic E-state index is -3.13. The first-order valence-corrected chi connectivity index (χ1v) is 19.1. The molecule has 0 heterocycles. The predicted octanol–water partition coefficient (Wildman–Crippen LogP) is 7.64. The fourth-order valence-electron chi connectivity index (χ4n) is 6.09. The van der Waals surface area contributed by atoms with E-state index in [1.165, 1.54) is 45.8 Å². The zero-order valence-electron chi connectivity index (χ0n) is 20.0. The zero-order valence-corrected chi connectivity index (χ0v) is 22.5. The van der Waals surface area contributed by atoms with Crippen LogP contribution in [0.25, 0.3) is 11.1 Å². The van der Waals surface area contributed by atoms with Gasteiger partial charge in [0, 0.05) is 0 Å². The van der Waals surface area contributed by atoms with E-state index < -0.39 is 20.3 Å². The Kier molecular flexibility index (Phi) is 6.36. The fraction of sp³-hybridized carbons (Fsp3) is 0.118. The van der Waals surface area contributed by atoms with Gasteiger partial charge in [0.25, 0.3) is 0 Å². The predicted molar refractivity (Wildman–Crippen MR) is 145 cm³/mol. The molecule has 0 spiro atoms. The molecule has 0 N–H and O–H groups in total. The molecule has 0 fully saturated rings. The molecule has 5 aromatic rings. The van der Waals surface area contributed by atoms with E-state index >= 15 is 0 Å². The Morgan fingerprint density at radius 1 is 0.429 bits per heavy atom. The zero-order chi connectivity index (χ0) is 23.5. The second-order valence-electron chi connectivity index (χ2n) is 9.93. The Labute approximate surface area is 213 Å². The Morgan fingerprint density at radius 3 is 1.43 bits per heavy atom. The molecule has 0 amide bonds. The molecule has 0 saturated carbocycles. The SMILES string of the molecule is c1ccc([CH2][Zr]([CH2]c2ccccc2)([CH2]c2ccccc2)[c]2cccc3c2Cc2ccccc2-3)cc1. The van der Waals surface area contributed by atoms with Crippen LogP contribution in [-0.4, -0.2) is 0 Å². The second kappa shape index (κ2) is 9.92. The van der Waals surface area contributed by atoms with Gasteiger partial charge >= 0.3 is 215 Å². The summed E-state index contributed by atoms with van der Waals surface area (Å²) in [7, 11) is 0. The molecular weight excluding hydrogens is 500 g/mol. The van der Waals surface area contributed by atoms with Gasteiger partial charge in [-0.25, -0.2) is 0 Å². The molecule has 0 nitrogen and oxygen atoms in total. The first kappa shape index (κ1) is 22.4. The monoisotopic (exact) mass is 528 g/mol. The van der Waals surface area contributed by atoms with E-state index in [9.17, 15) is 0 Å². The van der Waals surface area contributed by atoms with Crippen LogP contribution in [0.2, 0.25) is 0 Å². The van der Waals surface area contributed by atoms with E-state index in [1.807, 2.05) is 0 Å². The summed E-state index contributed by atoms with van der Waals surface area (Å²) in [5.74, 6) is 0. The molecule has 0 aliphatic heterocycles. The van der Waals surface area contributed by atoms with Gasteiger partial charge in [0.2, 0.25) is 0 Å². The Morgan fingerprint density at radius 2 is 0.886 bits per heavy atom. The van der Waals surface area contributed by atoms with E-state index in [0.717, 1.165) is 6.42 Å². The normalized spacial score (nSPS) is 12.2. The molecule has 1 aliphatic rings. The number of hydrogen-bond acceptors (Lipinski definition) is 0. The van der Waals surface area contributed by atoms with Crippen molar-refractivity contribution in [2.24, 2.45) is 0 Å². The fourth-order valence-corrected chi connectivity index (χ4v) is 19.1. The van der Waals surface area contributed by atoms with Gasteiger partial charge in [-0.15, -0.1) is 0 Å². The molecule has 0 aromatic heterocycles. The number of benzene rings is 5. The topological polar surface area (TPSA) is 0 Å². The second-order valence-corrected chi connectivity index (χ2v) is 20.2. The maximum absolute atomic E-state index is 3.13. The summed E-state index contributed by atoms with van der Waals surface area (Å²) in [6, 6.07) is 50.0. The number of rotatable bonds is 7. The molecule has 6 rings (SSSR count). The third-order valence-corrected chi connectivity index (χ3v) is 19.5. The molecular formula is C34H30Zr. The first-order chi connectivity index (χ1) is 17.3. The molecule has 0 unspecified atom stereocenters. The molecule has 0 radical (unpaired) electrons. The van der Waals surface area contributed by atoms with E-state index in [2.05, 4.69) is 133 Å². The van der Waals surface area contributed by atoms with E-state index in [4.69, 9.17) is 0 Å². The Hall–Kier alpha value is -3.02. The van der Waals surface area contributed by atoms with Crippen LogP contribution in [0.4, 0.5) is 0 Å². The molecule has 1 heteroatoms. The molecule has 5 aromatic carbocycles. The standard InChI is InChI=1S/C13H9.3C7H7.Zr/c1-3-7-12-10(5-1)9-11-6-2-4-8-13(11)12;3*1-7-5-3-2-4-6-7;/h1-5,7-8H,9H2;3*2-6H,1H2;. The van der Waals surface area contributed by atoms with Gasteiger partial charge < -0.3 is 0 Å². The molecule has 170 valence electrons. The Balaban J connectivity index is 1.56. The molecule has 0 saturated heterocycles. The average molecular weight is 530 g/mol. The van der Waals surface area contributed by atoms with Gasteiger partial charge in [0.1, 0.15) is 0 Å².